The van der Waals surface area contributed by atoms with Gasteiger partial charge in [0.05, 0.1) is 4.92 Å². The topological polar surface area (TPSA) is 75.5 Å². The maximum Gasteiger partial charge on any atom is 0.282 e. The number of nitro benzene ring substituents is 1. The molecule has 1 aromatic rings. The van der Waals surface area contributed by atoms with Crippen molar-refractivity contribution < 1.29 is 9.72 Å². The van der Waals surface area contributed by atoms with Gasteiger partial charge in [-0.1, -0.05) is 6.92 Å². The van der Waals surface area contributed by atoms with E-state index in [0.29, 0.717) is 5.69 Å². The average molecular weight is 251 g/mol. The molecule has 0 fully saturated rings. The van der Waals surface area contributed by atoms with Gasteiger partial charge in [0.25, 0.3) is 11.6 Å². The quantitative estimate of drug-likeness (QED) is 0.642. The third kappa shape index (κ3) is 3.19. The van der Waals surface area contributed by atoms with Crippen LogP contribution < -0.4 is 5.32 Å². The Bertz CT molecular complexity index is 458. The minimum Gasteiger partial charge on any atom is -0.385 e. The molecule has 0 atom stereocenters. The van der Waals surface area contributed by atoms with Crippen molar-refractivity contribution in [2.75, 3.05) is 26.0 Å². The van der Waals surface area contributed by atoms with Gasteiger partial charge in [0.1, 0.15) is 5.56 Å². The summed E-state index contributed by atoms with van der Waals surface area (Å²) in [6, 6.07) is 4.49. The molecule has 0 aliphatic carbocycles. The molecule has 18 heavy (non-hydrogen) atoms. The summed E-state index contributed by atoms with van der Waals surface area (Å²) >= 11 is 0. The average Bonchev–Trinajstić information content (AvgIpc) is 2.34. The molecule has 0 unspecified atom stereocenters. The predicted octanol–water partition coefficient (Wildman–Crippen LogP) is 2.12. The number of nitro groups is 1. The zero-order valence-electron chi connectivity index (χ0n) is 10.8. The van der Waals surface area contributed by atoms with Crippen LogP contribution in [0.1, 0.15) is 23.7 Å². The van der Waals surface area contributed by atoms with Crippen LogP contribution in [0.3, 0.4) is 0 Å². The first-order valence-corrected chi connectivity index (χ1v) is 5.71. The highest BCUT2D eigenvalue weighted by Gasteiger charge is 2.21. The highest BCUT2D eigenvalue weighted by atomic mass is 16.6. The Hall–Kier alpha value is -2.11. The van der Waals surface area contributed by atoms with E-state index in [0.717, 1.165) is 13.0 Å². The Kier molecular flexibility index (Phi) is 4.65. The maximum atomic E-state index is 11.9. The zero-order valence-corrected chi connectivity index (χ0v) is 10.8. The fourth-order valence-corrected chi connectivity index (χ4v) is 1.49. The van der Waals surface area contributed by atoms with Crippen molar-refractivity contribution in [1.82, 2.24) is 4.90 Å². The Morgan fingerprint density at radius 1 is 1.44 bits per heavy atom. The van der Waals surface area contributed by atoms with E-state index in [1.165, 1.54) is 17.0 Å². The van der Waals surface area contributed by atoms with Gasteiger partial charge < -0.3 is 10.2 Å². The van der Waals surface area contributed by atoms with Gasteiger partial charge in [-0.05, 0) is 18.6 Å². The molecule has 0 aliphatic rings. The van der Waals surface area contributed by atoms with Crippen LogP contribution >= 0.6 is 0 Å². The van der Waals surface area contributed by atoms with Crippen molar-refractivity contribution >= 4 is 17.3 Å². The number of carbonyl (C=O) groups excluding carboxylic acids is 1. The molecular weight excluding hydrogens is 234 g/mol. The van der Waals surface area contributed by atoms with Crippen molar-refractivity contribution in [2.45, 2.75) is 13.3 Å². The molecule has 0 aromatic heterocycles. The summed E-state index contributed by atoms with van der Waals surface area (Å²) in [5, 5.41) is 14.0. The van der Waals surface area contributed by atoms with Gasteiger partial charge in [0.15, 0.2) is 0 Å². The fraction of sp³-hybridized carbons (Fsp3) is 0.417. The first kappa shape index (κ1) is 14.0. The summed E-state index contributed by atoms with van der Waals surface area (Å²) in [5.74, 6) is -0.373. The third-order valence-electron chi connectivity index (χ3n) is 2.41. The van der Waals surface area contributed by atoms with Gasteiger partial charge in [-0.3, -0.25) is 14.9 Å². The van der Waals surface area contributed by atoms with Gasteiger partial charge in [0.2, 0.25) is 0 Å². The number of hydrogen-bond donors (Lipinski definition) is 1. The molecular formula is C12H17N3O3. The standard InChI is InChI=1S/C12H17N3O3/c1-4-7-13-9-5-6-11(15(17)18)10(8-9)12(16)14(2)3/h5-6,8,13H,4,7H2,1-3H3. The lowest BCUT2D eigenvalue weighted by atomic mass is 10.1. The Morgan fingerprint density at radius 3 is 2.61 bits per heavy atom. The van der Waals surface area contributed by atoms with E-state index in [1.807, 2.05) is 6.92 Å². The van der Waals surface area contributed by atoms with Crippen molar-refractivity contribution in [3.05, 3.63) is 33.9 Å². The molecule has 0 saturated carbocycles. The molecule has 6 heteroatoms. The van der Waals surface area contributed by atoms with E-state index in [-0.39, 0.29) is 17.2 Å². The van der Waals surface area contributed by atoms with Crippen molar-refractivity contribution in [1.29, 1.82) is 0 Å². The van der Waals surface area contributed by atoms with Crippen molar-refractivity contribution in [3.8, 4) is 0 Å². The van der Waals surface area contributed by atoms with E-state index < -0.39 is 4.92 Å². The van der Waals surface area contributed by atoms with Crippen LogP contribution in [0, 0.1) is 10.1 Å². The van der Waals surface area contributed by atoms with Crippen LogP contribution in [0.5, 0.6) is 0 Å². The second-order valence-electron chi connectivity index (χ2n) is 4.12. The lowest BCUT2D eigenvalue weighted by Crippen LogP contribution is -2.22. The van der Waals surface area contributed by atoms with Gasteiger partial charge >= 0.3 is 0 Å². The lowest BCUT2D eigenvalue weighted by Gasteiger charge is -2.12. The molecule has 1 amide bonds. The van der Waals surface area contributed by atoms with Crippen molar-refractivity contribution in [3.63, 3.8) is 0 Å². The SMILES string of the molecule is CCCNc1ccc([N+](=O)[O-])c(C(=O)N(C)C)c1. The smallest absolute Gasteiger partial charge is 0.282 e. The minimum absolute atomic E-state index is 0.103. The normalized spacial score (nSPS) is 9.94. The van der Waals surface area contributed by atoms with Gasteiger partial charge in [0, 0.05) is 32.4 Å². The first-order valence-electron chi connectivity index (χ1n) is 5.71. The number of amides is 1. The van der Waals surface area contributed by atoms with E-state index in [9.17, 15) is 14.9 Å². The number of nitrogens with one attached hydrogen (secondary N) is 1. The lowest BCUT2D eigenvalue weighted by molar-refractivity contribution is -0.385. The van der Waals surface area contributed by atoms with Crippen LogP contribution in [0.15, 0.2) is 18.2 Å². The number of hydrogen-bond acceptors (Lipinski definition) is 4. The number of carbonyl (C=O) groups is 1. The zero-order chi connectivity index (χ0) is 13.7. The highest BCUT2D eigenvalue weighted by molar-refractivity contribution is 5.98. The Balaban J connectivity index is 3.15. The molecule has 0 spiro atoms. The summed E-state index contributed by atoms with van der Waals surface area (Å²) in [4.78, 5) is 23.6. The molecule has 0 saturated heterocycles. The number of benzene rings is 1. The van der Waals surface area contributed by atoms with Crippen LogP contribution in [-0.4, -0.2) is 36.4 Å². The van der Waals surface area contributed by atoms with Crippen LogP contribution in [0.25, 0.3) is 0 Å². The van der Waals surface area contributed by atoms with E-state index >= 15 is 0 Å². The largest absolute Gasteiger partial charge is 0.385 e. The molecule has 0 heterocycles. The molecule has 98 valence electrons. The second-order valence-corrected chi connectivity index (χ2v) is 4.12. The molecule has 1 aromatic carbocycles. The van der Waals surface area contributed by atoms with Crippen LogP contribution in [0.2, 0.25) is 0 Å². The number of nitrogens with zero attached hydrogens (tertiary/aromatic N) is 2. The number of anilines is 1. The van der Waals surface area contributed by atoms with Crippen LogP contribution in [-0.2, 0) is 0 Å². The molecule has 0 aliphatic heterocycles. The first-order chi connectivity index (χ1) is 8.47. The van der Waals surface area contributed by atoms with Gasteiger partial charge in [-0.2, -0.15) is 0 Å². The molecule has 1 rings (SSSR count). The summed E-state index contributed by atoms with van der Waals surface area (Å²) in [6.45, 7) is 2.78. The predicted molar refractivity (Wildman–Crippen MR) is 69.9 cm³/mol. The maximum absolute atomic E-state index is 11.9. The highest BCUT2D eigenvalue weighted by Crippen LogP contribution is 2.23. The minimum atomic E-state index is -0.541. The van der Waals surface area contributed by atoms with Crippen molar-refractivity contribution in [2.24, 2.45) is 0 Å². The molecule has 1 N–H and O–H groups in total. The molecule has 0 bridgehead atoms. The Morgan fingerprint density at radius 2 is 2.11 bits per heavy atom. The number of rotatable bonds is 5. The fourth-order valence-electron chi connectivity index (χ4n) is 1.49. The Labute approximate surface area is 106 Å². The molecule has 6 nitrogen and oxygen atoms in total. The van der Waals surface area contributed by atoms with E-state index in [4.69, 9.17) is 0 Å². The van der Waals surface area contributed by atoms with E-state index in [1.54, 1.807) is 20.2 Å². The van der Waals surface area contributed by atoms with Gasteiger partial charge in [-0.15, -0.1) is 0 Å². The second kappa shape index (κ2) is 6.00. The summed E-state index contributed by atoms with van der Waals surface area (Å²) in [6.07, 6.45) is 0.938. The van der Waals surface area contributed by atoms with E-state index in [2.05, 4.69) is 5.32 Å². The summed E-state index contributed by atoms with van der Waals surface area (Å²) < 4.78 is 0. The van der Waals surface area contributed by atoms with Gasteiger partial charge in [-0.25, -0.2) is 0 Å². The summed E-state index contributed by atoms with van der Waals surface area (Å²) in [7, 11) is 3.14. The molecule has 0 radical (unpaired) electrons. The third-order valence-corrected chi connectivity index (χ3v) is 2.41. The summed E-state index contributed by atoms with van der Waals surface area (Å²) in [5.41, 5.74) is 0.648. The monoisotopic (exact) mass is 251 g/mol. The van der Waals surface area contributed by atoms with Crippen LogP contribution in [0.4, 0.5) is 11.4 Å².